The van der Waals surface area contributed by atoms with Crippen LogP contribution in [0.5, 0.6) is 5.75 Å². The minimum Gasteiger partial charge on any atom is -0.508 e. The minimum atomic E-state index is 0.241. The molecule has 8 heteroatoms. The maximum atomic E-state index is 9.43. The van der Waals surface area contributed by atoms with Gasteiger partial charge in [-0.3, -0.25) is 0 Å². The van der Waals surface area contributed by atoms with E-state index in [9.17, 15) is 5.11 Å². The van der Waals surface area contributed by atoms with Crippen LogP contribution in [-0.4, -0.2) is 59.5 Å². The van der Waals surface area contributed by atoms with Crippen molar-refractivity contribution in [2.24, 2.45) is 5.10 Å². The monoisotopic (exact) mass is 395 g/mol. The predicted octanol–water partition coefficient (Wildman–Crippen LogP) is 3.03. The maximum Gasteiger partial charge on any atom is 0.252 e. The zero-order valence-corrected chi connectivity index (χ0v) is 17.0. The molecule has 154 valence electrons. The molecule has 29 heavy (non-hydrogen) atoms. The van der Waals surface area contributed by atoms with Gasteiger partial charge in [0.05, 0.1) is 6.21 Å². The van der Waals surface area contributed by atoms with Crippen molar-refractivity contribution in [1.29, 1.82) is 0 Å². The number of phenolic OH excluding ortho intramolecular Hbond substituents is 1. The molecule has 1 N–H and O–H groups in total. The predicted molar refractivity (Wildman–Crippen MR) is 116 cm³/mol. The molecule has 1 aromatic heterocycles. The number of nitrogens with zero attached hydrogens (tertiary/aromatic N) is 7. The first-order valence-electron chi connectivity index (χ1n) is 10.5. The number of aromatic hydroxyl groups is 1. The molecule has 0 spiro atoms. The Morgan fingerprint density at radius 3 is 1.86 bits per heavy atom. The molecule has 2 aliphatic rings. The van der Waals surface area contributed by atoms with Crippen LogP contribution >= 0.6 is 0 Å². The number of phenols is 1. The van der Waals surface area contributed by atoms with E-state index in [4.69, 9.17) is 15.0 Å². The molecule has 3 heterocycles. The second-order valence-electron chi connectivity index (χ2n) is 7.69. The molecule has 2 fully saturated rings. The number of anilines is 3. The molecule has 8 nitrogen and oxygen atoms in total. The summed E-state index contributed by atoms with van der Waals surface area (Å²) in [6, 6.07) is 6.93. The Balaban J connectivity index is 1.60. The van der Waals surface area contributed by atoms with Crippen molar-refractivity contribution in [3.8, 4) is 5.75 Å². The van der Waals surface area contributed by atoms with Crippen molar-refractivity contribution in [1.82, 2.24) is 15.0 Å². The van der Waals surface area contributed by atoms with Gasteiger partial charge in [0.2, 0.25) is 11.9 Å². The van der Waals surface area contributed by atoms with Crippen LogP contribution in [0.15, 0.2) is 29.4 Å². The fourth-order valence-electron chi connectivity index (χ4n) is 3.72. The lowest BCUT2D eigenvalue weighted by molar-refractivity contribution is 0.475. The molecule has 0 atom stereocenters. The van der Waals surface area contributed by atoms with Gasteiger partial charge in [0.25, 0.3) is 5.95 Å². The lowest BCUT2D eigenvalue weighted by Gasteiger charge is -2.30. The van der Waals surface area contributed by atoms with Crippen LogP contribution in [0, 0.1) is 0 Å². The molecular formula is C21H29N7O. The molecule has 0 amide bonds. The number of benzene rings is 1. The van der Waals surface area contributed by atoms with Gasteiger partial charge in [-0.15, -0.1) is 0 Å². The number of rotatable bonds is 5. The average Bonchev–Trinajstić information content (AvgIpc) is 2.79. The van der Waals surface area contributed by atoms with Gasteiger partial charge < -0.3 is 14.9 Å². The third-order valence-electron chi connectivity index (χ3n) is 5.44. The SMILES string of the molecule is CN(/N=C/c1ccc(O)cc1)c1nc(N2CCCCC2)nc(N2CCCCC2)n1. The molecule has 0 unspecified atom stereocenters. The highest BCUT2D eigenvalue weighted by atomic mass is 16.3. The van der Waals surface area contributed by atoms with E-state index in [1.165, 1.54) is 38.5 Å². The van der Waals surface area contributed by atoms with Crippen LogP contribution in [-0.2, 0) is 0 Å². The molecular weight excluding hydrogens is 366 g/mol. The maximum absolute atomic E-state index is 9.43. The number of aromatic nitrogens is 3. The van der Waals surface area contributed by atoms with Crippen molar-refractivity contribution >= 4 is 24.1 Å². The van der Waals surface area contributed by atoms with Crippen LogP contribution in [0.3, 0.4) is 0 Å². The summed E-state index contributed by atoms with van der Waals surface area (Å²) in [7, 11) is 1.85. The van der Waals surface area contributed by atoms with Crippen molar-refractivity contribution in [3.63, 3.8) is 0 Å². The third-order valence-corrected chi connectivity index (χ3v) is 5.44. The average molecular weight is 396 g/mol. The van der Waals surface area contributed by atoms with Crippen molar-refractivity contribution in [3.05, 3.63) is 29.8 Å². The van der Waals surface area contributed by atoms with Crippen molar-refractivity contribution in [2.45, 2.75) is 38.5 Å². The van der Waals surface area contributed by atoms with Gasteiger partial charge in [0.1, 0.15) is 5.75 Å². The lowest BCUT2D eigenvalue weighted by atomic mass is 10.1. The summed E-state index contributed by atoms with van der Waals surface area (Å²) in [6.07, 6.45) is 8.98. The van der Waals surface area contributed by atoms with Gasteiger partial charge in [-0.2, -0.15) is 20.1 Å². The fraction of sp³-hybridized carbons (Fsp3) is 0.524. The summed E-state index contributed by atoms with van der Waals surface area (Å²) in [5.74, 6) is 2.30. The van der Waals surface area contributed by atoms with Crippen molar-refractivity contribution in [2.75, 3.05) is 48.0 Å². The fourth-order valence-corrected chi connectivity index (χ4v) is 3.72. The van der Waals surface area contributed by atoms with Gasteiger partial charge in [-0.05, 0) is 68.4 Å². The summed E-state index contributed by atoms with van der Waals surface area (Å²) in [5, 5.41) is 15.6. The first-order chi connectivity index (χ1) is 14.2. The molecule has 2 aliphatic heterocycles. The summed E-state index contributed by atoms with van der Waals surface area (Å²) in [5.41, 5.74) is 0.899. The van der Waals surface area contributed by atoms with E-state index < -0.39 is 0 Å². The molecule has 4 rings (SSSR count). The van der Waals surface area contributed by atoms with E-state index in [-0.39, 0.29) is 5.75 Å². The van der Waals surface area contributed by atoms with Crippen LogP contribution in [0.25, 0.3) is 0 Å². The first kappa shape index (κ1) is 19.4. The van der Waals surface area contributed by atoms with E-state index in [1.807, 2.05) is 19.2 Å². The van der Waals surface area contributed by atoms with Crippen LogP contribution < -0.4 is 14.8 Å². The minimum absolute atomic E-state index is 0.241. The van der Waals surface area contributed by atoms with Gasteiger partial charge >= 0.3 is 0 Å². The largest absolute Gasteiger partial charge is 0.508 e. The van der Waals surface area contributed by atoms with E-state index in [0.29, 0.717) is 5.95 Å². The molecule has 0 bridgehead atoms. The molecule has 1 aromatic carbocycles. The summed E-state index contributed by atoms with van der Waals surface area (Å²) in [6.45, 7) is 3.96. The Kier molecular flexibility index (Phi) is 6.07. The lowest BCUT2D eigenvalue weighted by Crippen LogP contribution is -2.35. The number of piperidine rings is 2. The second-order valence-corrected chi connectivity index (χ2v) is 7.69. The van der Waals surface area contributed by atoms with Crippen LogP contribution in [0.2, 0.25) is 0 Å². The van der Waals surface area contributed by atoms with Gasteiger partial charge in [-0.1, -0.05) is 0 Å². The molecule has 2 saturated heterocycles. The van der Waals surface area contributed by atoms with Crippen LogP contribution in [0.4, 0.5) is 17.8 Å². The number of hydrogen-bond acceptors (Lipinski definition) is 8. The highest BCUT2D eigenvalue weighted by Crippen LogP contribution is 2.23. The Bertz CT molecular complexity index is 791. The van der Waals surface area contributed by atoms with Crippen molar-refractivity contribution < 1.29 is 5.11 Å². The highest BCUT2D eigenvalue weighted by Gasteiger charge is 2.21. The zero-order valence-electron chi connectivity index (χ0n) is 17.0. The van der Waals surface area contributed by atoms with Gasteiger partial charge in [-0.25, -0.2) is 5.01 Å². The number of hydrazone groups is 1. The smallest absolute Gasteiger partial charge is 0.252 e. The quantitative estimate of drug-likeness (QED) is 0.615. The van der Waals surface area contributed by atoms with Crippen LogP contribution in [0.1, 0.15) is 44.1 Å². The summed E-state index contributed by atoms with van der Waals surface area (Å²) in [4.78, 5) is 18.8. The van der Waals surface area contributed by atoms with E-state index in [2.05, 4.69) is 14.9 Å². The van der Waals surface area contributed by atoms with Gasteiger partial charge in [0.15, 0.2) is 0 Å². The van der Waals surface area contributed by atoms with E-state index in [0.717, 1.165) is 43.6 Å². The molecule has 0 saturated carbocycles. The zero-order chi connectivity index (χ0) is 20.1. The van der Waals surface area contributed by atoms with E-state index >= 15 is 0 Å². The number of hydrogen-bond donors (Lipinski definition) is 1. The molecule has 0 radical (unpaired) electrons. The summed E-state index contributed by atoms with van der Waals surface area (Å²) < 4.78 is 0. The Labute approximate surface area is 171 Å². The summed E-state index contributed by atoms with van der Waals surface area (Å²) >= 11 is 0. The van der Waals surface area contributed by atoms with Gasteiger partial charge in [0, 0.05) is 33.2 Å². The Morgan fingerprint density at radius 1 is 0.828 bits per heavy atom. The highest BCUT2D eigenvalue weighted by molar-refractivity contribution is 5.80. The third kappa shape index (κ3) is 4.93. The molecule has 2 aromatic rings. The standard InChI is InChI=1S/C21H29N7O/c1-26(22-16-17-8-10-18(29)11-9-17)19-23-20(27-12-4-2-5-13-27)25-21(24-19)28-14-6-3-7-15-28/h8-11,16,29H,2-7,12-15H2,1H3/b22-16+. The van der Waals surface area contributed by atoms with E-state index in [1.54, 1.807) is 23.4 Å². The normalized spacial score (nSPS) is 17.7. The molecule has 0 aliphatic carbocycles. The first-order valence-corrected chi connectivity index (χ1v) is 10.5. The second kappa shape index (κ2) is 9.07. The Morgan fingerprint density at radius 2 is 1.34 bits per heavy atom. The topological polar surface area (TPSA) is 81.0 Å². The Hall–Kier alpha value is -2.90.